The molecular formula is C18H16N6O2. The van der Waals surface area contributed by atoms with Crippen LogP contribution in [0.1, 0.15) is 12.2 Å². The first-order chi connectivity index (χ1) is 12.7. The molecule has 130 valence electrons. The Labute approximate surface area is 148 Å². The molecule has 4 rings (SSSR count). The molecule has 4 aromatic rings. The third-order valence-corrected chi connectivity index (χ3v) is 4.14. The molecule has 0 radical (unpaired) electrons. The number of carbonyl (C=O) groups is 1. The Morgan fingerprint density at radius 3 is 2.85 bits per heavy atom. The van der Waals surface area contributed by atoms with Crippen LogP contribution in [0.3, 0.4) is 0 Å². The van der Waals surface area contributed by atoms with E-state index in [0.29, 0.717) is 16.7 Å². The van der Waals surface area contributed by atoms with Crippen molar-refractivity contribution in [3.8, 4) is 0 Å². The summed E-state index contributed by atoms with van der Waals surface area (Å²) < 4.78 is 3.27. The monoisotopic (exact) mass is 348 g/mol. The molecule has 26 heavy (non-hydrogen) atoms. The summed E-state index contributed by atoms with van der Waals surface area (Å²) >= 11 is 0. The minimum absolute atomic E-state index is 0.146. The molecule has 0 saturated carbocycles. The maximum absolute atomic E-state index is 12.4. The third kappa shape index (κ3) is 3.04. The van der Waals surface area contributed by atoms with Gasteiger partial charge in [-0.15, -0.1) is 10.2 Å². The molecule has 1 amide bonds. The summed E-state index contributed by atoms with van der Waals surface area (Å²) in [7, 11) is 0. The second-order valence-electron chi connectivity index (χ2n) is 5.83. The quantitative estimate of drug-likeness (QED) is 0.584. The van der Waals surface area contributed by atoms with Crippen LogP contribution in [0.2, 0.25) is 0 Å². The minimum Gasteiger partial charge on any atom is -0.349 e. The molecule has 0 bridgehead atoms. The molecule has 0 aliphatic heterocycles. The van der Waals surface area contributed by atoms with Crippen molar-refractivity contribution in [1.82, 2.24) is 29.5 Å². The van der Waals surface area contributed by atoms with E-state index in [2.05, 4.69) is 20.5 Å². The SMILES string of the molecule is O=C(CCn1cnc2ccccc2c1=O)NCc1nnc2ccccn12. The Morgan fingerprint density at radius 2 is 1.92 bits per heavy atom. The van der Waals surface area contributed by atoms with E-state index in [1.807, 2.05) is 34.9 Å². The minimum atomic E-state index is -0.169. The van der Waals surface area contributed by atoms with Gasteiger partial charge in [0, 0.05) is 19.2 Å². The molecular weight excluding hydrogens is 332 g/mol. The van der Waals surface area contributed by atoms with Crippen LogP contribution in [0.15, 0.2) is 59.8 Å². The molecule has 0 aliphatic carbocycles. The lowest BCUT2D eigenvalue weighted by Gasteiger charge is -2.07. The van der Waals surface area contributed by atoms with Crippen LogP contribution in [-0.4, -0.2) is 30.1 Å². The molecule has 0 spiro atoms. The number of hydrogen-bond acceptors (Lipinski definition) is 5. The highest BCUT2D eigenvalue weighted by Gasteiger charge is 2.09. The smallest absolute Gasteiger partial charge is 0.261 e. The molecule has 1 aromatic carbocycles. The van der Waals surface area contributed by atoms with Gasteiger partial charge in [0.1, 0.15) is 0 Å². The Balaban J connectivity index is 1.40. The highest BCUT2D eigenvalue weighted by Crippen LogP contribution is 2.05. The number of benzene rings is 1. The zero-order valence-corrected chi connectivity index (χ0v) is 13.9. The Morgan fingerprint density at radius 1 is 1.08 bits per heavy atom. The van der Waals surface area contributed by atoms with Crippen molar-refractivity contribution in [2.75, 3.05) is 0 Å². The molecule has 0 aliphatic rings. The Hall–Kier alpha value is -3.55. The first kappa shape index (κ1) is 15.9. The number of hydrogen-bond donors (Lipinski definition) is 1. The number of para-hydroxylation sites is 1. The van der Waals surface area contributed by atoms with Gasteiger partial charge in [0.05, 0.1) is 23.8 Å². The molecule has 0 saturated heterocycles. The number of aryl methyl sites for hydroxylation is 1. The summed E-state index contributed by atoms with van der Waals surface area (Å²) in [6, 6.07) is 12.8. The third-order valence-electron chi connectivity index (χ3n) is 4.14. The number of fused-ring (bicyclic) bond motifs is 2. The van der Waals surface area contributed by atoms with Crippen molar-refractivity contribution < 1.29 is 4.79 Å². The molecule has 0 fully saturated rings. The Bertz CT molecular complexity index is 1150. The predicted octanol–water partition coefficient (Wildman–Crippen LogP) is 1.15. The maximum atomic E-state index is 12.4. The number of carbonyl (C=O) groups excluding carboxylic acids is 1. The average Bonchev–Trinajstić information content (AvgIpc) is 3.09. The first-order valence-corrected chi connectivity index (χ1v) is 8.22. The van der Waals surface area contributed by atoms with Gasteiger partial charge in [-0.1, -0.05) is 18.2 Å². The van der Waals surface area contributed by atoms with Gasteiger partial charge in [0.25, 0.3) is 5.56 Å². The summed E-state index contributed by atoms with van der Waals surface area (Å²) in [6.45, 7) is 0.540. The van der Waals surface area contributed by atoms with Crippen molar-refractivity contribution in [2.45, 2.75) is 19.5 Å². The molecule has 8 nitrogen and oxygen atoms in total. The van der Waals surface area contributed by atoms with Gasteiger partial charge in [-0.25, -0.2) is 4.98 Å². The van der Waals surface area contributed by atoms with E-state index in [4.69, 9.17) is 0 Å². The zero-order valence-electron chi connectivity index (χ0n) is 13.9. The van der Waals surface area contributed by atoms with Gasteiger partial charge in [0.15, 0.2) is 11.5 Å². The maximum Gasteiger partial charge on any atom is 0.261 e. The number of amides is 1. The highest BCUT2D eigenvalue weighted by molar-refractivity contribution is 5.77. The van der Waals surface area contributed by atoms with Crippen LogP contribution < -0.4 is 10.9 Å². The number of aromatic nitrogens is 5. The highest BCUT2D eigenvalue weighted by atomic mass is 16.1. The van der Waals surface area contributed by atoms with Crippen molar-refractivity contribution in [1.29, 1.82) is 0 Å². The van der Waals surface area contributed by atoms with E-state index >= 15 is 0 Å². The van der Waals surface area contributed by atoms with Crippen molar-refractivity contribution in [3.63, 3.8) is 0 Å². The lowest BCUT2D eigenvalue weighted by molar-refractivity contribution is -0.121. The fourth-order valence-corrected chi connectivity index (χ4v) is 2.76. The van der Waals surface area contributed by atoms with E-state index in [1.54, 1.807) is 18.2 Å². The van der Waals surface area contributed by atoms with E-state index in [-0.39, 0.29) is 31.0 Å². The van der Waals surface area contributed by atoms with Crippen LogP contribution in [0.5, 0.6) is 0 Å². The number of rotatable bonds is 5. The fourth-order valence-electron chi connectivity index (χ4n) is 2.76. The van der Waals surface area contributed by atoms with Crippen LogP contribution in [0.25, 0.3) is 16.6 Å². The average molecular weight is 348 g/mol. The van der Waals surface area contributed by atoms with Gasteiger partial charge in [-0.2, -0.15) is 0 Å². The van der Waals surface area contributed by atoms with Crippen molar-refractivity contribution in [2.24, 2.45) is 0 Å². The van der Waals surface area contributed by atoms with Gasteiger partial charge >= 0.3 is 0 Å². The summed E-state index contributed by atoms with van der Waals surface area (Å²) in [6.07, 6.45) is 3.50. The number of nitrogens with zero attached hydrogens (tertiary/aromatic N) is 5. The van der Waals surface area contributed by atoms with Gasteiger partial charge < -0.3 is 5.32 Å². The van der Waals surface area contributed by atoms with E-state index in [0.717, 1.165) is 5.65 Å². The summed E-state index contributed by atoms with van der Waals surface area (Å²) in [5, 5.41) is 11.5. The van der Waals surface area contributed by atoms with Crippen LogP contribution in [-0.2, 0) is 17.9 Å². The van der Waals surface area contributed by atoms with Crippen LogP contribution in [0.4, 0.5) is 0 Å². The van der Waals surface area contributed by atoms with Crippen molar-refractivity contribution in [3.05, 3.63) is 71.2 Å². The zero-order chi connectivity index (χ0) is 17.9. The predicted molar refractivity (Wildman–Crippen MR) is 95.5 cm³/mol. The lowest BCUT2D eigenvalue weighted by Crippen LogP contribution is -2.28. The van der Waals surface area contributed by atoms with E-state index in [1.165, 1.54) is 10.9 Å². The van der Waals surface area contributed by atoms with Gasteiger partial charge in [-0.3, -0.25) is 18.6 Å². The van der Waals surface area contributed by atoms with Gasteiger partial charge in [-0.05, 0) is 24.3 Å². The number of nitrogens with one attached hydrogen (secondary N) is 1. The topological polar surface area (TPSA) is 94.2 Å². The second-order valence-corrected chi connectivity index (χ2v) is 5.83. The summed E-state index contributed by atoms with van der Waals surface area (Å²) in [5.74, 6) is 0.483. The van der Waals surface area contributed by atoms with Crippen LogP contribution in [0, 0.1) is 0 Å². The lowest BCUT2D eigenvalue weighted by atomic mass is 10.2. The molecule has 3 heterocycles. The largest absolute Gasteiger partial charge is 0.349 e. The second kappa shape index (κ2) is 6.75. The Kier molecular flexibility index (Phi) is 4.14. The molecule has 8 heteroatoms. The molecule has 1 N–H and O–H groups in total. The summed E-state index contributed by atoms with van der Waals surface area (Å²) in [4.78, 5) is 28.8. The number of pyridine rings is 1. The fraction of sp³-hybridized carbons (Fsp3) is 0.167. The van der Waals surface area contributed by atoms with Gasteiger partial charge in [0.2, 0.25) is 5.91 Å². The first-order valence-electron chi connectivity index (χ1n) is 8.22. The molecule has 0 unspecified atom stereocenters. The van der Waals surface area contributed by atoms with E-state index in [9.17, 15) is 9.59 Å². The standard InChI is InChI=1S/C18H16N6O2/c25-17(19-11-16-22-21-15-7-3-4-9-24(15)16)8-10-23-12-20-14-6-2-1-5-13(14)18(23)26/h1-7,9,12H,8,10-11H2,(H,19,25). The van der Waals surface area contributed by atoms with E-state index < -0.39 is 0 Å². The molecule has 3 aromatic heterocycles. The summed E-state index contributed by atoms with van der Waals surface area (Å²) in [5.41, 5.74) is 1.23. The molecule has 0 atom stereocenters. The van der Waals surface area contributed by atoms with Crippen molar-refractivity contribution >= 4 is 22.5 Å². The normalized spacial score (nSPS) is 11.1. The van der Waals surface area contributed by atoms with Crippen LogP contribution >= 0.6 is 0 Å².